The lowest BCUT2D eigenvalue weighted by Crippen LogP contribution is -2.32. The number of hydrogen-bond acceptors (Lipinski definition) is 5. The minimum absolute atomic E-state index is 0.0177. The number of ether oxygens (including phenoxy) is 1. The molecule has 0 saturated carbocycles. The van der Waals surface area contributed by atoms with E-state index in [1.165, 1.54) is 29.8 Å². The van der Waals surface area contributed by atoms with Crippen molar-refractivity contribution in [3.63, 3.8) is 0 Å². The summed E-state index contributed by atoms with van der Waals surface area (Å²) in [5.41, 5.74) is 1.67. The van der Waals surface area contributed by atoms with Crippen LogP contribution in [0.25, 0.3) is 5.69 Å². The van der Waals surface area contributed by atoms with Gasteiger partial charge < -0.3 is 9.64 Å². The molecule has 0 saturated heterocycles. The number of thioether (sulfide) groups is 1. The fourth-order valence-corrected chi connectivity index (χ4v) is 3.55. The molecule has 1 aromatic heterocycles. The summed E-state index contributed by atoms with van der Waals surface area (Å²) in [6.07, 6.45) is 5.43. The van der Waals surface area contributed by atoms with Gasteiger partial charge in [-0.05, 0) is 48.2 Å². The van der Waals surface area contributed by atoms with Gasteiger partial charge in [0, 0.05) is 36.7 Å². The predicted octanol–water partition coefficient (Wildman–Crippen LogP) is 4.08. The molecule has 0 fully saturated rings. The minimum atomic E-state index is -0.993. The van der Waals surface area contributed by atoms with Gasteiger partial charge in [0.1, 0.15) is 0 Å². The van der Waals surface area contributed by atoms with Crippen LogP contribution in [0.1, 0.15) is 22.3 Å². The van der Waals surface area contributed by atoms with E-state index in [9.17, 15) is 18.4 Å². The number of amides is 1. The van der Waals surface area contributed by atoms with Gasteiger partial charge in [0.2, 0.25) is 0 Å². The molecule has 0 aliphatic heterocycles. The molecule has 162 valence electrons. The standard InChI is InChI=1S/C22H21F2N3O3S/c1-30-20(28)9-11-26(14-15-3-8-18(23)19(24)13-15)21(29)16-4-6-17(7-5-16)27-12-10-25-22(27)31-2/h3-8,10,12-13H,9,11,14H2,1-2H3. The highest BCUT2D eigenvalue weighted by molar-refractivity contribution is 7.98. The monoisotopic (exact) mass is 445 g/mol. The van der Waals surface area contributed by atoms with Gasteiger partial charge in [0.15, 0.2) is 16.8 Å². The predicted molar refractivity (Wildman–Crippen MR) is 113 cm³/mol. The summed E-state index contributed by atoms with van der Waals surface area (Å²) < 4.78 is 33.4. The Balaban J connectivity index is 1.82. The average molecular weight is 445 g/mol. The van der Waals surface area contributed by atoms with E-state index in [2.05, 4.69) is 9.72 Å². The zero-order valence-electron chi connectivity index (χ0n) is 17.0. The van der Waals surface area contributed by atoms with Crippen molar-refractivity contribution in [2.24, 2.45) is 0 Å². The molecule has 0 radical (unpaired) electrons. The lowest BCUT2D eigenvalue weighted by molar-refractivity contribution is -0.140. The Labute approximate surface area is 182 Å². The summed E-state index contributed by atoms with van der Waals surface area (Å²) in [5, 5.41) is 0.817. The van der Waals surface area contributed by atoms with Crippen molar-refractivity contribution in [2.75, 3.05) is 19.9 Å². The molecule has 1 amide bonds. The van der Waals surface area contributed by atoms with Gasteiger partial charge in [0.25, 0.3) is 5.91 Å². The topological polar surface area (TPSA) is 64.4 Å². The van der Waals surface area contributed by atoms with E-state index in [1.54, 1.807) is 30.5 Å². The van der Waals surface area contributed by atoms with Gasteiger partial charge in [-0.25, -0.2) is 13.8 Å². The molecular weight excluding hydrogens is 424 g/mol. The zero-order valence-corrected chi connectivity index (χ0v) is 17.9. The van der Waals surface area contributed by atoms with Gasteiger partial charge in [0.05, 0.1) is 13.5 Å². The normalized spacial score (nSPS) is 10.7. The second kappa shape index (κ2) is 10.2. The molecule has 2 aromatic carbocycles. The maximum absolute atomic E-state index is 13.6. The number of halogens is 2. The molecule has 0 N–H and O–H groups in total. The maximum atomic E-state index is 13.6. The summed E-state index contributed by atoms with van der Waals surface area (Å²) in [4.78, 5) is 30.3. The van der Waals surface area contributed by atoms with Gasteiger partial charge in [-0.3, -0.25) is 14.2 Å². The molecule has 3 rings (SSSR count). The van der Waals surface area contributed by atoms with Gasteiger partial charge in [-0.1, -0.05) is 17.8 Å². The van der Waals surface area contributed by atoms with E-state index in [1.807, 2.05) is 17.0 Å². The number of imidazole rings is 1. The van der Waals surface area contributed by atoms with Crippen LogP contribution >= 0.6 is 11.8 Å². The molecule has 31 heavy (non-hydrogen) atoms. The van der Waals surface area contributed by atoms with Crippen LogP contribution in [0.4, 0.5) is 8.78 Å². The fourth-order valence-electron chi connectivity index (χ4n) is 3.02. The first-order valence-electron chi connectivity index (χ1n) is 9.40. The Morgan fingerprint density at radius 1 is 1.13 bits per heavy atom. The van der Waals surface area contributed by atoms with Crippen LogP contribution in [-0.4, -0.2) is 46.2 Å². The highest BCUT2D eigenvalue weighted by Gasteiger charge is 2.19. The first-order valence-corrected chi connectivity index (χ1v) is 10.6. The minimum Gasteiger partial charge on any atom is -0.469 e. The third-order valence-corrected chi connectivity index (χ3v) is 5.31. The third-order valence-electron chi connectivity index (χ3n) is 4.64. The average Bonchev–Trinajstić information content (AvgIpc) is 3.27. The van der Waals surface area contributed by atoms with Crippen LogP contribution in [0.2, 0.25) is 0 Å². The molecule has 9 heteroatoms. The molecule has 0 atom stereocenters. The van der Waals surface area contributed by atoms with Crippen molar-refractivity contribution >= 4 is 23.6 Å². The number of esters is 1. The van der Waals surface area contributed by atoms with Crippen molar-refractivity contribution in [1.29, 1.82) is 0 Å². The van der Waals surface area contributed by atoms with Crippen LogP contribution in [-0.2, 0) is 16.1 Å². The number of nitrogens with zero attached hydrogens (tertiary/aromatic N) is 3. The highest BCUT2D eigenvalue weighted by Crippen LogP contribution is 2.20. The molecule has 1 heterocycles. The SMILES string of the molecule is COC(=O)CCN(Cc1ccc(F)c(F)c1)C(=O)c1ccc(-n2ccnc2SC)cc1. The second-order valence-corrected chi connectivity index (χ2v) is 7.41. The highest BCUT2D eigenvalue weighted by atomic mass is 32.2. The first kappa shape index (κ1) is 22.5. The smallest absolute Gasteiger partial charge is 0.307 e. The number of hydrogen-bond donors (Lipinski definition) is 0. The van der Waals surface area contributed by atoms with Gasteiger partial charge in [-0.2, -0.15) is 0 Å². The Kier molecular flexibility index (Phi) is 7.41. The van der Waals surface area contributed by atoms with Gasteiger partial charge in [-0.15, -0.1) is 0 Å². The quantitative estimate of drug-likeness (QED) is 0.386. The van der Waals surface area contributed by atoms with Crippen LogP contribution in [0.3, 0.4) is 0 Å². The summed E-state index contributed by atoms with van der Waals surface area (Å²) in [6, 6.07) is 10.4. The van der Waals surface area contributed by atoms with E-state index in [0.29, 0.717) is 11.1 Å². The summed E-state index contributed by atoms with van der Waals surface area (Å²) >= 11 is 1.50. The van der Waals surface area contributed by atoms with Gasteiger partial charge >= 0.3 is 5.97 Å². The van der Waals surface area contributed by atoms with Crippen molar-refractivity contribution in [1.82, 2.24) is 14.5 Å². The number of rotatable bonds is 8. The van der Waals surface area contributed by atoms with Crippen molar-refractivity contribution in [3.8, 4) is 5.69 Å². The van der Waals surface area contributed by atoms with E-state index in [4.69, 9.17) is 0 Å². The molecule has 3 aromatic rings. The van der Waals surface area contributed by atoms with Crippen LogP contribution < -0.4 is 0 Å². The summed E-state index contributed by atoms with van der Waals surface area (Å²) in [6.45, 7) is 0.0946. The molecular formula is C22H21F2N3O3S. The summed E-state index contributed by atoms with van der Waals surface area (Å²) in [7, 11) is 1.27. The number of carbonyl (C=O) groups is 2. The van der Waals surface area contributed by atoms with Crippen LogP contribution in [0.5, 0.6) is 0 Å². The number of methoxy groups -OCH3 is 1. The second-order valence-electron chi connectivity index (χ2n) is 6.63. The lowest BCUT2D eigenvalue weighted by Gasteiger charge is -2.23. The van der Waals surface area contributed by atoms with Crippen molar-refractivity contribution in [3.05, 3.63) is 77.6 Å². The Morgan fingerprint density at radius 3 is 2.52 bits per heavy atom. The van der Waals surface area contributed by atoms with Crippen molar-refractivity contribution in [2.45, 2.75) is 18.1 Å². The molecule has 0 aliphatic rings. The van der Waals surface area contributed by atoms with E-state index in [-0.39, 0.29) is 25.4 Å². The van der Waals surface area contributed by atoms with E-state index >= 15 is 0 Å². The molecule has 0 aliphatic carbocycles. The molecule has 0 bridgehead atoms. The molecule has 0 spiro atoms. The number of benzene rings is 2. The third kappa shape index (κ3) is 5.49. The van der Waals surface area contributed by atoms with Crippen molar-refractivity contribution < 1.29 is 23.1 Å². The number of carbonyl (C=O) groups excluding carboxylic acids is 2. The zero-order chi connectivity index (χ0) is 22.4. The van der Waals surface area contributed by atoms with Crippen LogP contribution in [0, 0.1) is 11.6 Å². The largest absolute Gasteiger partial charge is 0.469 e. The van der Waals surface area contributed by atoms with E-state index in [0.717, 1.165) is 23.0 Å². The Morgan fingerprint density at radius 2 is 1.87 bits per heavy atom. The van der Waals surface area contributed by atoms with E-state index < -0.39 is 17.6 Å². The fraction of sp³-hybridized carbons (Fsp3) is 0.227. The Hall–Kier alpha value is -3.20. The first-order chi connectivity index (χ1) is 14.9. The number of aromatic nitrogens is 2. The lowest BCUT2D eigenvalue weighted by atomic mass is 10.1. The maximum Gasteiger partial charge on any atom is 0.307 e. The molecule has 0 unspecified atom stereocenters. The summed E-state index contributed by atoms with van der Waals surface area (Å²) in [5.74, 6) is -2.76. The van der Waals surface area contributed by atoms with Crippen LogP contribution in [0.15, 0.2) is 60.0 Å². The Bertz CT molecular complexity index is 1070. The molecule has 6 nitrogen and oxygen atoms in total.